The third-order valence-electron chi connectivity index (χ3n) is 5.83. The molecule has 0 bridgehead atoms. The van der Waals surface area contributed by atoms with Crippen LogP contribution in [0.15, 0.2) is 35.1 Å². The number of H-pyrrole nitrogens is 1. The van der Waals surface area contributed by atoms with Crippen LogP contribution >= 0.6 is 11.3 Å². The van der Waals surface area contributed by atoms with Crippen molar-refractivity contribution >= 4 is 21.6 Å². The van der Waals surface area contributed by atoms with Gasteiger partial charge >= 0.3 is 0 Å². The highest BCUT2D eigenvalue weighted by atomic mass is 32.1. The normalized spacial score (nSPS) is 19.0. The molecule has 0 aliphatic heterocycles. The van der Waals surface area contributed by atoms with E-state index in [0.29, 0.717) is 11.8 Å². The number of aromatic nitrogens is 2. The van der Waals surface area contributed by atoms with E-state index in [4.69, 9.17) is 4.98 Å². The minimum Gasteiger partial charge on any atom is -0.337 e. The van der Waals surface area contributed by atoms with Gasteiger partial charge in [0.05, 0.1) is 11.9 Å². The molecule has 0 fully saturated rings. The lowest BCUT2D eigenvalue weighted by Crippen LogP contribution is -2.85. The van der Waals surface area contributed by atoms with Gasteiger partial charge in [0.2, 0.25) is 0 Å². The lowest BCUT2D eigenvalue weighted by atomic mass is 9.89. The van der Waals surface area contributed by atoms with Gasteiger partial charge < -0.3 is 10.3 Å². The van der Waals surface area contributed by atoms with Crippen LogP contribution in [0, 0.1) is 5.92 Å². The lowest BCUT2D eigenvalue weighted by molar-refractivity contribution is -0.695. The summed E-state index contributed by atoms with van der Waals surface area (Å²) in [6, 6.07) is 10.7. The largest absolute Gasteiger partial charge is 0.337 e. The molecule has 4 nitrogen and oxygen atoms in total. The number of aromatic amines is 1. The summed E-state index contributed by atoms with van der Waals surface area (Å²) in [5.41, 5.74) is 2.64. The second-order valence-corrected chi connectivity index (χ2v) is 9.14. The van der Waals surface area contributed by atoms with Gasteiger partial charge in [0.25, 0.3) is 5.56 Å². The molecule has 1 aliphatic carbocycles. The van der Waals surface area contributed by atoms with Crippen LogP contribution in [0.3, 0.4) is 0 Å². The van der Waals surface area contributed by atoms with Crippen molar-refractivity contribution in [2.24, 2.45) is 5.92 Å². The van der Waals surface area contributed by atoms with Crippen LogP contribution in [0.2, 0.25) is 0 Å². The first-order valence-corrected chi connectivity index (χ1v) is 10.8. The SMILES string of the molecule is C[C@@H]1CCc2c(sc3nc([C@H](C)[NH2+]C[C@@H](C)c4ccccc4)[nH]c(=O)c23)C1. The van der Waals surface area contributed by atoms with E-state index in [1.54, 1.807) is 11.3 Å². The molecule has 3 atom stereocenters. The van der Waals surface area contributed by atoms with Gasteiger partial charge in [-0.3, -0.25) is 4.79 Å². The van der Waals surface area contributed by atoms with Crippen molar-refractivity contribution in [1.29, 1.82) is 0 Å². The molecule has 2 heterocycles. The Bertz CT molecular complexity index is 992. The summed E-state index contributed by atoms with van der Waals surface area (Å²) in [5.74, 6) is 1.95. The number of nitrogens with zero attached hydrogens (tertiary/aromatic N) is 1. The molecule has 2 aromatic heterocycles. The molecule has 0 radical (unpaired) electrons. The first-order chi connectivity index (χ1) is 13.0. The third kappa shape index (κ3) is 3.71. The van der Waals surface area contributed by atoms with Crippen LogP contribution in [-0.4, -0.2) is 16.5 Å². The first-order valence-electron chi connectivity index (χ1n) is 9.95. The van der Waals surface area contributed by atoms with Crippen LogP contribution in [0.4, 0.5) is 0 Å². The fourth-order valence-electron chi connectivity index (χ4n) is 4.02. The average molecular weight is 383 g/mol. The van der Waals surface area contributed by atoms with E-state index in [1.165, 1.54) is 22.4 Å². The summed E-state index contributed by atoms with van der Waals surface area (Å²) in [4.78, 5) is 23.0. The second-order valence-electron chi connectivity index (χ2n) is 8.05. The van der Waals surface area contributed by atoms with Crippen molar-refractivity contribution in [3.05, 3.63) is 62.5 Å². The molecule has 27 heavy (non-hydrogen) atoms. The molecule has 4 rings (SSSR count). The molecular formula is C22H28N3OS+. The zero-order chi connectivity index (χ0) is 19.0. The number of aryl methyl sites for hydroxylation is 1. The molecule has 0 saturated heterocycles. The number of nitrogens with two attached hydrogens (primary N) is 1. The Morgan fingerprint density at radius 1 is 1.30 bits per heavy atom. The van der Waals surface area contributed by atoms with Crippen molar-refractivity contribution < 1.29 is 5.32 Å². The van der Waals surface area contributed by atoms with E-state index in [2.05, 4.69) is 55.3 Å². The lowest BCUT2D eigenvalue weighted by Gasteiger charge is -2.17. The third-order valence-corrected chi connectivity index (χ3v) is 6.98. The highest BCUT2D eigenvalue weighted by Gasteiger charge is 2.24. The topological polar surface area (TPSA) is 62.4 Å². The maximum Gasteiger partial charge on any atom is 0.260 e. The van der Waals surface area contributed by atoms with Gasteiger partial charge in [0, 0.05) is 10.8 Å². The molecule has 0 spiro atoms. The summed E-state index contributed by atoms with van der Waals surface area (Å²) < 4.78 is 0. The van der Waals surface area contributed by atoms with E-state index in [-0.39, 0.29) is 11.6 Å². The Morgan fingerprint density at radius 2 is 2.07 bits per heavy atom. The molecule has 3 aromatic rings. The van der Waals surface area contributed by atoms with Crippen molar-refractivity contribution in [3.63, 3.8) is 0 Å². The van der Waals surface area contributed by atoms with Gasteiger partial charge in [-0.25, -0.2) is 4.98 Å². The number of hydrogen-bond acceptors (Lipinski definition) is 3. The van der Waals surface area contributed by atoms with Crippen LogP contribution in [0.5, 0.6) is 0 Å². The van der Waals surface area contributed by atoms with Crippen LogP contribution < -0.4 is 10.9 Å². The van der Waals surface area contributed by atoms with Crippen molar-refractivity contribution in [3.8, 4) is 0 Å². The van der Waals surface area contributed by atoms with Crippen molar-refractivity contribution in [1.82, 2.24) is 9.97 Å². The predicted molar refractivity (Wildman–Crippen MR) is 111 cm³/mol. The molecule has 3 N–H and O–H groups in total. The number of hydrogen-bond donors (Lipinski definition) is 2. The van der Waals surface area contributed by atoms with E-state index in [0.717, 1.165) is 35.4 Å². The number of quaternary nitrogens is 1. The molecule has 1 aromatic carbocycles. The number of nitrogens with one attached hydrogen (secondary N) is 1. The van der Waals surface area contributed by atoms with Gasteiger partial charge in [-0.05, 0) is 43.2 Å². The maximum atomic E-state index is 12.8. The average Bonchev–Trinajstić information content (AvgIpc) is 3.04. The molecular weight excluding hydrogens is 354 g/mol. The van der Waals surface area contributed by atoms with Gasteiger partial charge in [-0.2, -0.15) is 0 Å². The Labute approximate surface area is 164 Å². The highest BCUT2D eigenvalue weighted by Crippen LogP contribution is 2.35. The summed E-state index contributed by atoms with van der Waals surface area (Å²) in [7, 11) is 0. The highest BCUT2D eigenvalue weighted by molar-refractivity contribution is 7.18. The Morgan fingerprint density at radius 3 is 2.85 bits per heavy atom. The fraction of sp³-hybridized carbons (Fsp3) is 0.455. The fourth-order valence-corrected chi connectivity index (χ4v) is 5.41. The summed E-state index contributed by atoms with van der Waals surface area (Å²) in [6.07, 6.45) is 3.26. The van der Waals surface area contributed by atoms with Crippen LogP contribution in [0.1, 0.15) is 61.0 Å². The minimum atomic E-state index is 0.0402. The summed E-state index contributed by atoms with van der Waals surface area (Å²) in [6.45, 7) is 7.62. The zero-order valence-corrected chi connectivity index (χ0v) is 17.1. The molecule has 5 heteroatoms. The van der Waals surface area contributed by atoms with Crippen molar-refractivity contribution in [2.75, 3.05) is 6.54 Å². The molecule has 0 amide bonds. The first kappa shape index (κ1) is 18.4. The van der Waals surface area contributed by atoms with Crippen LogP contribution in [-0.2, 0) is 12.8 Å². The van der Waals surface area contributed by atoms with E-state index in [1.807, 2.05) is 6.07 Å². The number of fused-ring (bicyclic) bond motifs is 3. The number of benzene rings is 1. The monoisotopic (exact) mass is 382 g/mol. The van der Waals surface area contributed by atoms with Gasteiger partial charge in [-0.15, -0.1) is 11.3 Å². The van der Waals surface area contributed by atoms with Gasteiger partial charge in [0.15, 0.2) is 5.82 Å². The molecule has 0 unspecified atom stereocenters. The predicted octanol–water partition coefficient (Wildman–Crippen LogP) is 3.54. The van der Waals surface area contributed by atoms with Crippen molar-refractivity contribution in [2.45, 2.75) is 52.0 Å². The number of thiophene rings is 1. The second kappa shape index (κ2) is 7.56. The quantitative estimate of drug-likeness (QED) is 0.709. The smallest absolute Gasteiger partial charge is 0.260 e. The standard InChI is InChI=1S/C22H27N3OS/c1-13-9-10-17-18(11-13)27-22-19(17)21(26)24-20(25-22)15(3)23-12-14(2)16-7-5-4-6-8-16/h4-8,13-15,23H,9-12H2,1-3H3,(H,24,25,26)/p+1/t13-,14-,15+/m1/s1. The Kier molecular flexibility index (Phi) is 5.15. The maximum absolute atomic E-state index is 12.8. The summed E-state index contributed by atoms with van der Waals surface area (Å²) >= 11 is 1.73. The molecule has 0 saturated carbocycles. The number of rotatable bonds is 5. The molecule has 142 valence electrons. The minimum absolute atomic E-state index is 0.0402. The van der Waals surface area contributed by atoms with E-state index in [9.17, 15) is 4.79 Å². The van der Waals surface area contributed by atoms with Crippen LogP contribution in [0.25, 0.3) is 10.2 Å². The Hall–Kier alpha value is -1.98. The van der Waals surface area contributed by atoms with E-state index >= 15 is 0 Å². The Balaban J connectivity index is 1.54. The van der Waals surface area contributed by atoms with E-state index < -0.39 is 0 Å². The summed E-state index contributed by atoms with van der Waals surface area (Å²) in [5, 5.41) is 3.12. The van der Waals surface area contributed by atoms with Gasteiger partial charge in [0.1, 0.15) is 10.9 Å². The zero-order valence-electron chi connectivity index (χ0n) is 16.3. The molecule has 1 aliphatic rings. The van der Waals surface area contributed by atoms with Gasteiger partial charge in [-0.1, -0.05) is 44.2 Å².